The third-order valence-corrected chi connectivity index (χ3v) is 1.18. The Hall–Kier alpha value is -1.20. The second kappa shape index (κ2) is 3.28. The smallest absolute Gasteiger partial charge is 0.403 e. The van der Waals surface area contributed by atoms with Crippen molar-refractivity contribution in [2.45, 2.75) is 6.36 Å². The van der Waals surface area contributed by atoms with Gasteiger partial charge in [0.2, 0.25) is 0 Å². The number of rotatable bonds is 1. The molecule has 0 fully saturated rings. The van der Waals surface area contributed by atoms with E-state index in [2.05, 4.69) is 4.74 Å². The third-order valence-electron chi connectivity index (χ3n) is 1.18. The third kappa shape index (κ3) is 2.97. The zero-order valence-corrected chi connectivity index (χ0v) is 6.23. The monoisotopic (exact) mass is 190 g/mol. The van der Waals surface area contributed by atoms with Gasteiger partial charge in [-0.3, -0.25) is 0 Å². The minimum atomic E-state index is -4.91. The van der Waals surface area contributed by atoms with Crippen LogP contribution in [0.1, 0.15) is 0 Å². The summed E-state index contributed by atoms with van der Waals surface area (Å²) >= 11 is 0. The van der Waals surface area contributed by atoms with Gasteiger partial charge in [-0.1, -0.05) is 11.5 Å². The van der Waals surface area contributed by atoms with Crippen LogP contribution in [-0.4, -0.2) is 14.2 Å². The zero-order chi connectivity index (χ0) is 10.1. The van der Waals surface area contributed by atoms with Gasteiger partial charge in [-0.2, -0.15) is 0 Å². The lowest BCUT2D eigenvalue weighted by Gasteiger charge is -2.09. The normalized spacial score (nSPS) is 11.4. The van der Waals surface area contributed by atoms with Crippen LogP contribution in [0.5, 0.6) is 5.75 Å². The molecule has 0 aliphatic heterocycles. The summed E-state index contributed by atoms with van der Waals surface area (Å²) in [6.07, 6.45) is -4.91. The molecule has 0 bridgehead atoms. The van der Waals surface area contributed by atoms with Crippen LogP contribution in [0.4, 0.5) is 17.6 Å². The second-order valence-corrected chi connectivity index (χ2v) is 2.24. The molecule has 0 heterocycles. The summed E-state index contributed by atoms with van der Waals surface area (Å²) < 4.78 is 50.8. The minimum absolute atomic E-state index is 0.000602. The van der Waals surface area contributed by atoms with E-state index >= 15 is 0 Å². The maximum absolute atomic E-state index is 12.6. The molecule has 0 saturated carbocycles. The van der Waals surface area contributed by atoms with Gasteiger partial charge >= 0.3 is 6.36 Å². The Balaban J connectivity index is 2.94. The highest BCUT2D eigenvalue weighted by atomic mass is 19.4. The molecule has 6 heteroatoms. The first-order valence-corrected chi connectivity index (χ1v) is 3.19. The van der Waals surface area contributed by atoms with Crippen molar-refractivity contribution in [3.8, 4) is 5.75 Å². The van der Waals surface area contributed by atoms with Crippen LogP contribution in [0.15, 0.2) is 18.2 Å². The molecular formula is C7H3BF4O. The molecule has 0 N–H and O–H groups in total. The molecule has 1 nitrogen and oxygen atoms in total. The molecule has 1 aromatic carbocycles. The highest BCUT2D eigenvalue weighted by Crippen LogP contribution is 2.23. The van der Waals surface area contributed by atoms with Gasteiger partial charge in [-0.05, 0) is 12.1 Å². The summed E-state index contributed by atoms with van der Waals surface area (Å²) in [5, 5.41) is 0. The van der Waals surface area contributed by atoms with Crippen molar-refractivity contribution >= 4 is 13.3 Å². The number of alkyl halides is 3. The Morgan fingerprint density at radius 3 is 2.38 bits per heavy atom. The van der Waals surface area contributed by atoms with E-state index in [0.29, 0.717) is 0 Å². The molecule has 0 saturated heterocycles. The van der Waals surface area contributed by atoms with Gasteiger partial charge < -0.3 is 4.74 Å². The number of hydrogen-bond acceptors (Lipinski definition) is 1. The van der Waals surface area contributed by atoms with E-state index in [-0.39, 0.29) is 5.46 Å². The molecule has 0 aliphatic carbocycles. The van der Waals surface area contributed by atoms with Crippen molar-refractivity contribution in [2.24, 2.45) is 0 Å². The van der Waals surface area contributed by atoms with E-state index < -0.39 is 17.9 Å². The summed E-state index contributed by atoms with van der Waals surface area (Å²) in [4.78, 5) is 0. The molecule has 0 amide bonds. The molecular weight excluding hydrogens is 187 g/mol. The highest BCUT2D eigenvalue weighted by molar-refractivity contribution is 6.32. The summed E-state index contributed by atoms with van der Waals surface area (Å²) in [5.74, 6) is -2.03. The highest BCUT2D eigenvalue weighted by Gasteiger charge is 2.32. The number of ether oxygens (including phenoxy) is 1. The van der Waals surface area contributed by atoms with E-state index in [9.17, 15) is 17.6 Å². The van der Waals surface area contributed by atoms with E-state index in [1.165, 1.54) is 0 Å². The number of halogens is 4. The fraction of sp³-hybridized carbons (Fsp3) is 0.143. The van der Waals surface area contributed by atoms with Crippen molar-refractivity contribution < 1.29 is 22.3 Å². The predicted octanol–water partition coefficient (Wildman–Crippen LogP) is 1.52. The molecule has 0 aliphatic rings. The van der Waals surface area contributed by atoms with E-state index in [1.807, 2.05) is 0 Å². The predicted molar refractivity (Wildman–Crippen MR) is 38.5 cm³/mol. The lowest BCUT2D eigenvalue weighted by atomic mass is 9.96. The molecule has 1 rings (SSSR count). The van der Waals surface area contributed by atoms with Crippen molar-refractivity contribution in [3.05, 3.63) is 24.0 Å². The minimum Gasteiger partial charge on any atom is -0.403 e. The van der Waals surface area contributed by atoms with Gasteiger partial charge in [0.25, 0.3) is 0 Å². The fourth-order valence-electron chi connectivity index (χ4n) is 0.723. The van der Waals surface area contributed by atoms with E-state index in [1.54, 1.807) is 0 Å². The fourth-order valence-corrected chi connectivity index (χ4v) is 0.723. The van der Waals surface area contributed by atoms with E-state index in [4.69, 9.17) is 7.85 Å². The maximum Gasteiger partial charge on any atom is 0.573 e. The van der Waals surface area contributed by atoms with Crippen LogP contribution in [0.3, 0.4) is 0 Å². The van der Waals surface area contributed by atoms with Crippen molar-refractivity contribution in [2.75, 3.05) is 0 Å². The molecule has 0 unspecified atom stereocenters. The van der Waals surface area contributed by atoms with Crippen molar-refractivity contribution in [1.29, 1.82) is 0 Å². The molecule has 68 valence electrons. The average molecular weight is 190 g/mol. The molecule has 0 atom stereocenters. The molecule has 0 spiro atoms. The first-order chi connectivity index (χ1) is 5.88. The van der Waals surface area contributed by atoms with Gasteiger partial charge in [0.15, 0.2) is 11.6 Å². The SMILES string of the molecule is [B]c1ccc(F)c(OC(F)(F)F)c1. The average Bonchev–Trinajstić information content (AvgIpc) is 1.94. The topological polar surface area (TPSA) is 9.23 Å². The van der Waals surface area contributed by atoms with Gasteiger partial charge in [-0.25, -0.2) is 4.39 Å². The first-order valence-electron chi connectivity index (χ1n) is 3.19. The van der Waals surface area contributed by atoms with Crippen LogP contribution in [0, 0.1) is 5.82 Å². The van der Waals surface area contributed by atoms with Gasteiger partial charge in [0, 0.05) is 0 Å². The summed E-state index contributed by atoms with van der Waals surface area (Å²) in [6, 6.07) is 2.71. The van der Waals surface area contributed by atoms with Crippen LogP contribution >= 0.6 is 0 Å². The molecule has 1 aromatic rings. The summed E-state index contributed by atoms with van der Waals surface area (Å²) in [7, 11) is 5.13. The van der Waals surface area contributed by atoms with Crippen molar-refractivity contribution in [1.82, 2.24) is 0 Å². The number of hydrogen-bond donors (Lipinski definition) is 0. The Kier molecular flexibility index (Phi) is 2.49. The van der Waals surface area contributed by atoms with Crippen LogP contribution in [-0.2, 0) is 0 Å². The van der Waals surface area contributed by atoms with E-state index in [0.717, 1.165) is 18.2 Å². The second-order valence-electron chi connectivity index (χ2n) is 2.24. The van der Waals surface area contributed by atoms with Crippen LogP contribution in [0.2, 0.25) is 0 Å². The van der Waals surface area contributed by atoms with Gasteiger partial charge in [0.05, 0.1) is 0 Å². The Morgan fingerprint density at radius 1 is 1.23 bits per heavy atom. The lowest BCUT2D eigenvalue weighted by molar-refractivity contribution is -0.275. The Labute approximate surface area is 72.7 Å². The lowest BCUT2D eigenvalue weighted by Crippen LogP contribution is -2.19. The van der Waals surface area contributed by atoms with Crippen LogP contribution < -0.4 is 10.2 Å². The van der Waals surface area contributed by atoms with Crippen molar-refractivity contribution in [3.63, 3.8) is 0 Å². The maximum atomic E-state index is 12.6. The Bertz CT molecular complexity index is 310. The summed E-state index contributed by atoms with van der Waals surface area (Å²) in [6.45, 7) is 0. The summed E-state index contributed by atoms with van der Waals surface area (Å²) in [5.41, 5.74) is 0.000602. The largest absolute Gasteiger partial charge is 0.573 e. The van der Waals surface area contributed by atoms with Crippen LogP contribution in [0.25, 0.3) is 0 Å². The standard InChI is InChI=1S/C7H3BF4O/c8-4-1-2-5(9)6(3-4)13-7(10,11)12/h1-3H. The Morgan fingerprint density at radius 2 is 1.85 bits per heavy atom. The first kappa shape index (κ1) is 9.89. The number of benzene rings is 1. The van der Waals surface area contributed by atoms with Gasteiger partial charge in [0.1, 0.15) is 7.85 Å². The molecule has 13 heavy (non-hydrogen) atoms. The molecule has 0 aromatic heterocycles. The zero-order valence-electron chi connectivity index (χ0n) is 6.23. The molecule has 2 radical (unpaired) electrons. The quantitative estimate of drug-likeness (QED) is 0.481. The van der Waals surface area contributed by atoms with Gasteiger partial charge in [-0.15, -0.1) is 13.2 Å².